The Labute approximate surface area is 96.5 Å². The van der Waals surface area contributed by atoms with E-state index in [0.29, 0.717) is 0 Å². The van der Waals surface area contributed by atoms with Crippen LogP contribution in [0.4, 0.5) is 5.69 Å². The molecular weight excluding hydrogens is 196 g/mol. The molecule has 0 saturated heterocycles. The number of fused-ring (bicyclic) bond motifs is 1. The van der Waals surface area contributed by atoms with Crippen LogP contribution in [0.15, 0.2) is 12.1 Å². The van der Waals surface area contributed by atoms with Gasteiger partial charge in [0, 0.05) is 16.8 Å². The van der Waals surface area contributed by atoms with Gasteiger partial charge in [0.05, 0.1) is 5.52 Å². The Balaban J connectivity index is 2.92. The fraction of sp³-hybridized carbons (Fsp3) is 0.357. The molecule has 0 amide bonds. The minimum absolute atomic E-state index is 0.888. The molecule has 2 rings (SSSR count). The molecule has 1 aromatic heterocycles. The monoisotopic (exact) mass is 214 g/mol. The molecular formula is C14H18N2. The van der Waals surface area contributed by atoms with E-state index >= 15 is 0 Å². The molecule has 0 unspecified atom stereocenters. The number of aryl methyl sites for hydroxylation is 3. The molecule has 0 saturated carbocycles. The zero-order valence-electron chi connectivity index (χ0n) is 10.4. The van der Waals surface area contributed by atoms with Gasteiger partial charge in [0.15, 0.2) is 0 Å². The van der Waals surface area contributed by atoms with E-state index < -0.39 is 0 Å². The predicted octanol–water partition coefficient (Wildman–Crippen LogP) is 3.30. The van der Waals surface area contributed by atoms with E-state index in [1.807, 2.05) is 0 Å². The van der Waals surface area contributed by atoms with Crippen molar-refractivity contribution >= 4 is 16.6 Å². The molecule has 2 nitrogen and oxygen atoms in total. The maximum atomic E-state index is 6.21. The van der Waals surface area contributed by atoms with Crippen LogP contribution in [0.5, 0.6) is 0 Å². The lowest BCUT2D eigenvalue weighted by atomic mass is 10.0. The molecule has 0 atom stereocenters. The molecule has 1 aromatic carbocycles. The molecule has 1 heterocycles. The van der Waals surface area contributed by atoms with Crippen LogP contribution in [-0.4, -0.2) is 4.98 Å². The molecule has 0 aliphatic rings. The Morgan fingerprint density at radius 1 is 1.19 bits per heavy atom. The van der Waals surface area contributed by atoms with Crippen molar-refractivity contribution in [3.63, 3.8) is 0 Å². The second-order valence-corrected chi connectivity index (χ2v) is 4.43. The largest absolute Gasteiger partial charge is 0.398 e. The molecule has 0 bridgehead atoms. The number of aromatic nitrogens is 1. The van der Waals surface area contributed by atoms with E-state index in [4.69, 9.17) is 10.7 Å². The van der Waals surface area contributed by atoms with Crippen molar-refractivity contribution in [2.45, 2.75) is 34.1 Å². The van der Waals surface area contributed by atoms with Crippen molar-refractivity contribution in [3.05, 3.63) is 34.5 Å². The van der Waals surface area contributed by atoms with Crippen molar-refractivity contribution in [3.8, 4) is 0 Å². The van der Waals surface area contributed by atoms with Gasteiger partial charge < -0.3 is 5.73 Å². The zero-order valence-corrected chi connectivity index (χ0v) is 10.4. The molecule has 0 spiro atoms. The van der Waals surface area contributed by atoms with Gasteiger partial charge in [0.1, 0.15) is 0 Å². The topological polar surface area (TPSA) is 38.9 Å². The maximum Gasteiger partial charge on any atom is 0.0731 e. The number of pyridine rings is 1. The Hall–Kier alpha value is -1.57. The molecule has 84 valence electrons. The number of nitrogens with two attached hydrogens (primary N) is 1. The summed E-state index contributed by atoms with van der Waals surface area (Å²) < 4.78 is 0. The highest BCUT2D eigenvalue weighted by atomic mass is 14.7. The summed E-state index contributed by atoms with van der Waals surface area (Å²) in [5, 5.41) is 1.11. The summed E-state index contributed by atoms with van der Waals surface area (Å²) in [6.07, 6.45) is 0.930. The van der Waals surface area contributed by atoms with Crippen LogP contribution in [0.2, 0.25) is 0 Å². The summed E-state index contributed by atoms with van der Waals surface area (Å²) >= 11 is 0. The van der Waals surface area contributed by atoms with Crippen molar-refractivity contribution < 1.29 is 0 Å². The molecule has 0 aliphatic carbocycles. The Kier molecular flexibility index (Phi) is 2.58. The lowest BCUT2D eigenvalue weighted by molar-refractivity contribution is 1.03. The average molecular weight is 214 g/mol. The first kappa shape index (κ1) is 10.9. The SMILES string of the molecule is CCc1nc2cc(C)cc(C)c2c(N)c1C. The second-order valence-electron chi connectivity index (χ2n) is 4.43. The van der Waals surface area contributed by atoms with E-state index in [1.165, 1.54) is 11.1 Å². The van der Waals surface area contributed by atoms with Crippen LogP contribution in [0.1, 0.15) is 29.3 Å². The number of nitrogen functional groups attached to an aromatic ring is 1. The van der Waals surface area contributed by atoms with Gasteiger partial charge in [-0.15, -0.1) is 0 Å². The van der Waals surface area contributed by atoms with Gasteiger partial charge in [0.2, 0.25) is 0 Å². The molecule has 0 fully saturated rings. The maximum absolute atomic E-state index is 6.21. The highest BCUT2D eigenvalue weighted by Crippen LogP contribution is 2.29. The number of anilines is 1. The van der Waals surface area contributed by atoms with Gasteiger partial charge in [0.25, 0.3) is 0 Å². The van der Waals surface area contributed by atoms with E-state index in [1.54, 1.807) is 0 Å². The number of rotatable bonds is 1. The third-order valence-corrected chi connectivity index (χ3v) is 3.16. The van der Waals surface area contributed by atoms with Crippen molar-refractivity contribution in [2.75, 3.05) is 5.73 Å². The lowest BCUT2D eigenvalue weighted by Gasteiger charge is -2.12. The van der Waals surface area contributed by atoms with Crippen LogP contribution in [0.3, 0.4) is 0 Å². The summed E-state index contributed by atoms with van der Waals surface area (Å²) in [6.45, 7) is 8.36. The molecule has 2 heteroatoms. The van der Waals surface area contributed by atoms with E-state index in [2.05, 4.69) is 39.8 Å². The smallest absolute Gasteiger partial charge is 0.0731 e. The average Bonchev–Trinajstić information content (AvgIpc) is 2.22. The second kappa shape index (κ2) is 3.78. The van der Waals surface area contributed by atoms with Crippen molar-refractivity contribution in [1.82, 2.24) is 4.98 Å². The van der Waals surface area contributed by atoms with Crippen molar-refractivity contribution in [1.29, 1.82) is 0 Å². The highest BCUT2D eigenvalue weighted by molar-refractivity contribution is 5.95. The summed E-state index contributed by atoms with van der Waals surface area (Å²) in [5.41, 5.74) is 12.8. The van der Waals surface area contributed by atoms with Crippen molar-refractivity contribution in [2.24, 2.45) is 0 Å². The fourth-order valence-corrected chi connectivity index (χ4v) is 2.30. The van der Waals surface area contributed by atoms with E-state index in [-0.39, 0.29) is 0 Å². The van der Waals surface area contributed by atoms with E-state index in [0.717, 1.165) is 34.3 Å². The first-order chi connectivity index (χ1) is 7.54. The standard InChI is InChI=1S/C14H18N2/c1-5-11-10(4)14(15)13-9(3)6-8(2)7-12(13)16-11/h6-7H,5H2,1-4H3,(H2,15,16). The van der Waals surface area contributed by atoms with Crippen LogP contribution in [0.25, 0.3) is 10.9 Å². The number of hydrogen-bond donors (Lipinski definition) is 1. The quantitative estimate of drug-likeness (QED) is 0.791. The highest BCUT2D eigenvalue weighted by Gasteiger charge is 2.10. The van der Waals surface area contributed by atoms with Crippen LogP contribution in [0, 0.1) is 20.8 Å². The fourth-order valence-electron chi connectivity index (χ4n) is 2.30. The molecule has 0 aliphatic heterocycles. The summed E-state index contributed by atoms with van der Waals surface area (Å²) in [6, 6.07) is 4.27. The Morgan fingerprint density at radius 2 is 1.88 bits per heavy atom. The normalized spacial score (nSPS) is 11.0. The van der Waals surface area contributed by atoms with Gasteiger partial charge in [-0.05, 0) is 49.9 Å². The van der Waals surface area contributed by atoms with Gasteiger partial charge in [-0.1, -0.05) is 13.0 Å². The number of nitrogens with zero attached hydrogens (tertiary/aromatic N) is 1. The first-order valence-electron chi connectivity index (χ1n) is 5.70. The summed E-state index contributed by atoms with van der Waals surface area (Å²) in [5.74, 6) is 0. The minimum atomic E-state index is 0.888. The number of hydrogen-bond acceptors (Lipinski definition) is 2. The Morgan fingerprint density at radius 3 is 2.50 bits per heavy atom. The van der Waals surface area contributed by atoms with Gasteiger partial charge >= 0.3 is 0 Å². The van der Waals surface area contributed by atoms with E-state index in [9.17, 15) is 0 Å². The van der Waals surface area contributed by atoms with Crippen LogP contribution in [-0.2, 0) is 6.42 Å². The number of benzene rings is 1. The summed E-state index contributed by atoms with van der Waals surface area (Å²) in [4.78, 5) is 4.70. The Bertz CT molecular complexity index is 556. The minimum Gasteiger partial charge on any atom is -0.398 e. The lowest BCUT2D eigenvalue weighted by Crippen LogP contribution is -2.01. The predicted molar refractivity (Wildman–Crippen MR) is 69.7 cm³/mol. The zero-order chi connectivity index (χ0) is 11.9. The summed E-state index contributed by atoms with van der Waals surface area (Å²) in [7, 11) is 0. The molecule has 2 aromatic rings. The van der Waals surface area contributed by atoms with Crippen LogP contribution < -0.4 is 5.73 Å². The van der Waals surface area contributed by atoms with Gasteiger partial charge in [-0.3, -0.25) is 4.98 Å². The third-order valence-electron chi connectivity index (χ3n) is 3.16. The first-order valence-corrected chi connectivity index (χ1v) is 5.70. The van der Waals surface area contributed by atoms with Gasteiger partial charge in [-0.25, -0.2) is 0 Å². The molecule has 2 N–H and O–H groups in total. The third kappa shape index (κ3) is 1.54. The molecule has 16 heavy (non-hydrogen) atoms. The van der Waals surface area contributed by atoms with Crippen LogP contribution >= 0.6 is 0 Å². The molecule has 0 radical (unpaired) electrons. The van der Waals surface area contributed by atoms with Gasteiger partial charge in [-0.2, -0.15) is 0 Å².